The zero-order valence-corrected chi connectivity index (χ0v) is 11.5. The first-order valence-corrected chi connectivity index (χ1v) is 6.98. The fraction of sp³-hybridized carbons (Fsp3) is 0.562. The average molecular weight is 248 g/mol. The highest BCUT2D eigenvalue weighted by atomic mass is 16.5. The molecule has 0 aliphatic heterocycles. The molecular weight excluding hydrogens is 224 g/mol. The second kappa shape index (κ2) is 8.73. The van der Waals surface area contributed by atoms with Crippen LogP contribution >= 0.6 is 0 Å². The number of ether oxygens (including phenoxy) is 1. The van der Waals surface area contributed by atoms with Gasteiger partial charge < -0.3 is 4.74 Å². The van der Waals surface area contributed by atoms with Crippen molar-refractivity contribution in [2.75, 3.05) is 0 Å². The third kappa shape index (κ3) is 5.85. The van der Waals surface area contributed by atoms with E-state index in [4.69, 9.17) is 4.74 Å². The average Bonchev–Trinajstić information content (AvgIpc) is 2.39. The number of unbranched alkanes of at least 4 members (excludes halogenated alkanes) is 4. The molecule has 0 saturated heterocycles. The van der Waals surface area contributed by atoms with Gasteiger partial charge in [-0.15, -0.1) is 0 Å². The van der Waals surface area contributed by atoms with E-state index in [2.05, 4.69) is 6.92 Å². The third-order valence-corrected chi connectivity index (χ3v) is 3.06. The van der Waals surface area contributed by atoms with Crippen LogP contribution in [-0.2, 0) is 9.53 Å². The molecule has 0 saturated carbocycles. The van der Waals surface area contributed by atoms with Gasteiger partial charge in [0.15, 0.2) is 0 Å². The van der Waals surface area contributed by atoms with Crippen LogP contribution in [0.4, 0.5) is 0 Å². The maximum atomic E-state index is 11.6. The van der Waals surface area contributed by atoms with Gasteiger partial charge in [0.25, 0.3) is 0 Å². The number of benzene rings is 1. The minimum atomic E-state index is -0.144. The highest BCUT2D eigenvalue weighted by molar-refractivity contribution is 5.69. The van der Waals surface area contributed by atoms with Gasteiger partial charge in [-0.25, -0.2) is 0 Å². The Balaban J connectivity index is 2.20. The van der Waals surface area contributed by atoms with Crippen LogP contribution in [0.5, 0.6) is 0 Å². The van der Waals surface area contributed by atoms with E-state index in [9.17, 15) is 4.79 Å². The number of carbonyl (C=O) groups excluding carboxylic acids is 1. The van der Waals surface area contributed by atoms with Gasteiger partial charge in [-0.3, -0.25) is 4.79 Å². The first-order valence-electron chi connectivity index (χ1n) is 6.98. The fourth-order valence-electron chi connectivity index (χ4n) is 1.92. The summed E-state index contributed by atoms with van der Waals surface area (Å²) in [5.74, 6) is -0.0807. The molecule has 0 bridgehead atoms. The Bertz CT molecular complexity index is 332. The molecule has 100 valence electrons. The first kappa shape index (κ1) is 14.7. The summed E-state index contributed by atoms with van der Waals surface area (Å²) in [5, 5.41) is 0. The number of esters is 1. The summed E-state index contributed by atoms with van der Waals surface area (Å²) in [6, 6.07) is 9.86. The maximum absolute atomic E-state index is 11.6. The SMILES string of the molecule is CCCCCCCC(=O)OC(C)c1ccccc1. The topological polar surface area (TPSA) is 26.3 Å². The van der Waals surface area contributed by atoms with Gasteiger partial charge in [0.1, 0.15) is 6.10 Å². The molecule has 1 rings (SSSR count). The standard InChI is InChI=1S/C16H24O2/c1-3-4-5-6-10-13-16(17)18-14(2)15-11-8-7-9-12-15/h7-9,11-12,14H,3-6,10,13H2,1-2H3. The lowest BCUT2D eigenvalue weighted by molar-refractivity contribution is -0.148. The Hall–Kier alpha value is -1.31. The van der Waals surface area contributed by atoms with Crippen LogP contribution in [0, 0.1) is 0 Å². The Kier molecular flexibility index (Phi) is 7.16. The third-order valence-electron chi connectivity index (χ3n) is 3.06. The van der Waals surface area contributed by atoms with E-state index >= 15 is 0 Å². The van der Waals surface area contributed by atoms with Crippen molar-refractivity contribution in [1.82, 2.24) is 0 Å². The van der Waals surface area contributed by atoms with Gasteiger partial charge in [0.2, 0.25) is 0 Å². The van der Waals surface area contributed by atoms with Crippen molar-refractivity contribution in [3.8, 4) is 0 Å². The zero-order valence-electron chi connectivity index (χ0n) is 11.5. The quantitative estimate of drug-likeness (QED) is 0.494. The summed E-state index contributed by atoms with van der Waals surface area (Å²) in [7, 11) is 0. The fourth-order valence-corrected chi connectivity index (χ4v) is 1.92. The highest BCUT2D eigenvalue weighted by Crippen LogP contribution is 2.17. The monoisotopic (exact) mass is 248 g/mol. The van der Waals surface area contributed by atoms with E-state index in [1.165, 1.54) is 19.3 Å². The number of hydrogen-bond acceptors (Lipinski definition) is 2. The Labute approximate surface area is 110 Å². The van der Waals surface area contributed by atoms with Crippen molar-refractivity contribution in [1.29, 1.82) is 0 Å². The highest BCUT2D eigenvalue weighted by Gasteiger charge is 2.10. The summed E-state index contributed by atoms with van der Waals surface area (Å²) in [6.45, 7) is 4.11. The molecule has 1 aromatic carbocycles. The molecule has 0 aliphatic carbocycles. The van der Waals surface area contributed by atoms with Crippen LogP contribution in [0.1, 0.15) is 64.0 Å². The molecule has 0 fully saturated rings. The molecule has 0 N–H and O–H groups in total. The number of carbonyl (C=O) groups is 1. The second-order valence-corrected chi connectivity index (χ2v) is 4.71. The van der Waals surface area contributed by atoms with E-state index in [-0.39, 0.29) is 12.1 Å². The second-order valence-electron chi connectivity index (χ2n) is 4.71. The van der Waals surface area contributed by atoms with E-state index in [0.29, 0.717) is 6.42 Å². The lowest BCUT2D eigenvalue weighted by atomic mass is 10.1. The van der Waals surface area contributed by atoms with E-state index in [1.807, 2.05) is 37.3 Å². The molecule has 0 amide bonds. The predicted molar refractivity (Wildman–Crippen MR) is 74.3 cm³/mol. The van der Waals surface area contributed by atoms with Gasteiger partial charge >= 0.3 is 5.97 Å². The molecule has 0 aliphatic rings. The number of hydrogen-bond donors (Lipinski definition) is 0. The molecule has 2 nitrogen and oxygen atoms in total. The smallest absolute Gasteiger partial charge is 0.306 e. The van der Waals surface area contributed by atoms with Crippen molar-refractivity contribution >= 4 is 5.97 Å². The molecule has 0 aromatic heterocycles. The summed E-state index contributed by atoms with van der Waals surface area (Å²) < 4.78 is 5.40. The van der Waals surface area contributed by atoms with Gasteiger partial charge in [0, 0.05) is 6.42 Å². The van der Waals surface area contributed by atoms with Crippen LogP contribution in [0.3, 0.4) is 0 Å². The van der Waals surface area contributed by atoms with Crippen molar-refractivity contribution in [3.05, 3.63) is 35.9 Å². The Morgan fingerprint density at radius 1 is 1.11 bits per heavy atom. The zero-order chi connectivity index (χ0) is 13.2. The summed E-state index contributed by atoms with van der Waals surface area (Å²) in [6.07, 6.45) is 6.18. The Morgan fingerprint density at radius 3 is 2.44 bits per heavy atom. The van der Waals surface area contributed by atoms with Crippen LogP contribution in [-0.4, -0.2) is 5.97 Å². The largest absolute Gasteiger partial charge is 0.458 e. The predicted octanol–water partition coefficient (Wildman–Crippen LogP) is 4.65. The van der Waals surface area contributed by atoms with E-state index in [1.54, 1.807) is 0 Å². The lowest BCUT2D eigenvalue weighted by Gasteiger charge is -2.13. The summed E-state index contributed by atoms with van der Waals surface area (Å²) >= 11 is 0. The van der Waals surface area contributed by atoms with Gasteiger partial charge in [-0.1, -0.05) is 62.9 Å². The normalized spacial score (nSPS) is 12.1. The molecule has 0 radical (unpaired) electrons. The van der Waals surface area contributed by atoms with E-state index < -0.39 is 0 Å². The molecule has 2 heteroatoms. The van der Waals surface area contributed by atoms with Gasteiger partial charge in [0.05, 0.1) is 0 Å². The van der Waals surface area contributed by atoms with Crippen molar-refractivity contribution in [3.63, 3.8) is 0 Å². The van der Waals surface area contributed by atoms with Crippen LogP contribution < -0.4 is 0 Å². The van der Waals surface area contributed by atoms with Crippen LogP contribution in [0.15, 0.2) is 30.3 Å². The van der Waals surface area contributed by atoms with Crippen LogP contribution in [0.25, 0.3) is 0 Å². The molecular formula is C16H24O2. The van der Waals surface area contributed by atoms with Crippen molar-refractivity contribution in [2.24, 2.45) is 0 Å². The van der Waals surface area contributed by atoms with Gasteiger partial charge in [-0.05, 0) is 18.9 Å². The number of rotatable bonds is 8. The van der Waals surface area contributed by atoms with Crippen molar-refractivity contribution < 1.29 is 9.53 Å². The van der Waals surface area contributed by atoms with Gasteiger partial charge in [-0.2, -0.15) is 0 Å². The molecule has 0 heterocycles. The molecule has 18 heavy (non-hydrogen) atoms. The maximum Gasteiger partial charge on any atom is 0.306 e. The minimum Gasteiger partial charge on any atom is -0.458 e. The molecule has 1 atom stereocenters. The molecule has 1 unspecified atom stereocenters. The summed E-state index contributed by atoms with van der Waals surface area (Å²) in [5.41, 5.74) is 1.05. The summed E-state index contributed by atoms with van der Waals surface area (Å²) in [4.78, 5) is 11.6. The minimum absolute atomic E-state index is 0.0807. The first-order chi connectivity index (χ1) is 8.74. The molecule has 0 spiro atoms. The lowest BCUT2D eigenvalue weighted by Crippen LogP contribution is -2.08. The Morgan fingerprint density at radius 2 is 1.78 bits per heavy atom. The molecule has 1 aromatic rings. The van der Waals surface area contributed by atoms with Crippen molar-refractivity contribution in [2.45, 2.75) is 58.5 Å². The van der Waals surface area contributed by atoms with Crippen LogP contribution in [0.2, 0.25) is 0 Å². The van der Waals surface area contributed by atoms with E-state index in [0.717, 1.165) is 18.4 Å².